The average molecular weight is 268 g/mol. The number of aryl methyl sites for hydroxylation is 3. The van der Waals surface area contributed by atoms with Crippen LogP contribution in [0.5, 0.6) is 0 Å². The lowest BCUT2D eigenvalue weighted by Gasteiger charge is -1.99. The summed E-state index contributed by atoms with van der Waals surface area (Å²) < 4.78 is 6.77. The fourth-order valence-electron chi connectivity index (χ4n) is 1.74. The van der Waals surface area contributed by atoms with Gasteiger partial charge in [-0.25, -0.2) is 4.98 Å². The van der Waals surface area contributed by atoms with E-state index in [0.717, 1.165) is 34.3 Å². The molecule has 2 rings (SSSR count). The summed E-state index contributed by atoms with van der Waals surface area (Å²) in [5, 5.41) is 0. The molecule has 3 heteroatoms. The Kier molecular flexibility index (Phi) is 2.83. The topological polar surface area (TPSA) is 26.0 Å². The Labute approximate surface area is 97.8 Å². The molecule has 0 atom stereocenters. The summed E-state index contributed by atoms with van der Waals surface area (Å²) >= 11 is 3.55. The Balaban J connectivity index is 2.68. The number of benzene rings is 1. The van der Waals surface area contributed by atoms with Crippen LogP contribution in [0.15, 0.2) is 15.0 Å². The van der Waals surface area contributed by atoms with Gasteiger partial charge in [-0.2, -0.15) is 0 Å². The molecule has 0 unspecified atom stereocenters. The lowest BCUT2D eigenvalue weighted by molar-refractivity contribution is 0.524. The van der Waals surface area contributed by atoms with Crippen LogP contribution < -0.4 is 0 Å². The maximum atomic E-state index is 5.74. The fourth-order valence-corrected chi connectivity index (χ4v) is 2.12. The van der Waals surface area contributed by atoms with Gasteiger partial charge in [-0.1, -0.05) is 13.0 Å². The SMILES string of the molecule is CCCc1nc2c(C)cc(C)c(Br)c2o1. The van der Waals surface area contributed by atoms with Crippen molar-refractivity contribution in [2.75, 3.05) is 0 Å². The third kappa shape index (κ3) is 1.81. The average Bonchev–Trinajstić information content (AvgIpc) is 2.60. The van der Waals surface area contributed by atoms with Crippen molar-refractivity contribution in [3.63, 3.8) is 0 Å². The van der Waals surface area contributed by atoms with Crippen LogP contribution in [0.25, 0.3) is 11.1 Å². The molecule has 0 bridgehead atoms. The standard InChI is InChI=1S/C12H14BrNO/c1-4-5-9-14-11-8(3)6-7(2)10(13)12(11)15-9/h6H,4-5H2,1-3H3. The molecular formula is C12H14BrNO. The molecule has 0 N–H and O–H groups in total. The Hall–Kier alpha value is -0.830. The quantitative estimate of drug-likeness (QED) is 0.817. The van der Waals surface area contributed by atoms with Gasteiger partial charge < -0.3 is 4.42 Å². The molecule has 0 saturated heterocycles. The summed E-state index contributed by atoms with van der Waals surface area (Å²) in [6, 6.07) is 2.13. The Morgan fingerprint density at radius 3 is 2.73 bits per heavy atom. The molecule has 80 valence electrons. The van der Waals surface area contributed by atoms with Crippen LogP contribution >= 0.6 is 15.9 Å². The van der Waals surface area contributed by atoms with E-state index in [1.54, 1.807) is 0 Å². The highest BCUT2D eigenvalue weighted by molar-refractivity contribution is 9.10. The van der Waals surface area contributed by atoms with Gasteiger partial charge in [0, 0.05) is 6.42 Å². The molecule has 0 saturated carbocycles. The minimum absolute atomic E-state index is 0.835. The molecule has 0 radical (unpaired) electrons. The first-order valence-corrected chi connectivity index (χ1v) is 5.98. The van der Waals surface area contributed by atoms with Gasteiger partial charge >= 0.3 is 0 Å². The highest BCUT2D eigenvalue weighted by Crippen LogP contribution is 2.30. The first kappa shape index (κ1) is 10.7. The molecular weight excluding hydrogens is 254 g/mol. The molecule has 2 aromatic rings. The molecule has 1 heterocycles. The van der Waals surface area contributed by atoms with Crippen LogP contribution in [-0.2, 0) is 6.42 Å². The molecule has 2 nitrogen and oxygen atoms in total. The van der Waals surface area contributed by atoms with Crippen LogP contribution in [0.3, 0.4) is 0 Å². The van der Waals surface area contributed by atoms with Crippen molar-refractivity contribution >= 4 is 27.0 Å². The highest BCUT2D eigenvalue weighted by Gasteiger charge is 2.12. The fraction of sp³-hybridized carbons (Fsp3) is 0.417. The van der Waals surface area contributed by atoms with E-state index in [9.17, 15) is 0 Å². The van der Waals surface area contributed by atoms with E-state index in [1.165, 1.54) is 11.1 Å². The Morgan fingerprint density at radius 1 is 1.33 bits per heavy atom. The van der Waals surface area contributed by atoms with Crippen molar-refractivity contribution in [1.82, 2.24) is 4.98 Å². The third-order valence-corrected chi connectivity index (χ3v) is 3.47. The number of rotatable bonds is 2. The zero-order chi connectivity index (χ0) is 11.0. The van der Waals surface area contributed by atoms with Crippen molar-refractivity contribution in [2.45, 2.75) is 33.6 Å². The maximum Gasteiger partial charge on any atom is 0.195 e. The molecule has 0 aliphatic rings. The molecule has 0 fully saturated rings. The van der Waals surface area contributed by atoms with Crippen LogP contribution in [0.4, 0.5) is 0 Å². The lowest BCUT2D eigenvalue weighted by atomic mass is 10.1. The Morgan fingerprint density at radius 2 is 2.07 bits per heavy atom. The zero-order valence-electron chi connectivity index (χ0n) is 9.22. The monoisotopic (exact) mass is 267 g/mol. The van der Waals surface area contributed by atoms with E-state index in [-0.39, 0.29) is 0 Å². The van der Waals surface area contributed by atoms with E-state index >= 15 is 0 Å². The van der Waals surface area contributed by atoms with Gasteiger partial charge in [0.1, 0.15) is 5.52 Å². The summed E-state index contributed by atoms with van der Waals surface area (Å²) in [5.74, 6) is 0.835. The van der Waals surface area contributed by atoms with E-state index < -0.39 is 0 Å². The second-order valence-corrected chi connectivity index (χ2v) is 4.65. The predicted octanol–water partition coefficient (Wildman–Crippen LogP) is 4.16. The van der Waals surface area contributed by atoms with Crippen molar-refractivity contribution in [3.8, 4) is 0 Å². The smallest absolute Gasteiger partial charge is 0.195 e. The minimum Gasteiger partial charge on any atom is -0.439 e. The van der Waals surface area contributed by atoms with Crippen molar-refractivity contribution in [1.29, 1.82) is 0 Å². The normalized spacial score (nSPS) is 11.2. The van der Waals surface area contributed by atoms with E-state index in [1.807, 2.05) is 0 Å². The van der Waals surface area contributed by atoms with Gasteiger partial charge in [0.2, 0.25) is 0 Å². The second kappa shape index (κ2) is 3.97. The van der Waals surface area contributed by atoms with E-state index in [4.69, 9.17) is 4.42 Å². The van der Waals surface area contributed by atoms with Crippen LogP contribution in [0.2, 0.25) is 0 Å². The highest BCUT2D eigenvalue weighted by atomic mass is 79.9. The number of halogens is 1. The van der Waals surface area contributed by atoms with Gasteiger partial charge in [-0.15, -0.1) is 0 Å². The first-order valence-electron chi connectivity index (χ1n) is 5.18. The van der Waals surface area contributed by atoms with Gasteiger partial charge in [0.05, 0.1) is 4.47 Å². The molecule has 1 aromatic heterocycles. The minimum atomic E-state index is 0.835. The largest absolute Gasteiger partial charge is 0.439 e. The second-order valence-electron chi connectivity index (χ2n) is 3.86. The molecule has 15 heavy (non-hydrogen) atoms. The van der Waals surface area contributed by atoms with Gasteiger partial charge in [-0.3, -0.25) is 0 Å². The molecule has 0 amide bonds. The van der Waals surface area contributed by atoms with Gasteiger partial charge in [0.25, 0.3) is 0 Å². The van der Waals surface area contributed by atoms with Gasteiger partial charge in [0.15, 0.2) is 11.5 Å². The molecule has 0 aliphatic carbocycles. The van der Waals surface area contributed by atoms with Crippen molar-refractivity contribution < 1.29 is 4.42 Å². The third-order valence-electron chi connectivity index (χ3n) is 2.49. The number of hydrogen-bond donors (Lipinski definition) is 0. The lowest BCUT2D eigenvalue weighted by Crippen LogP contribution is -1.83. The molecule has 0 spiro atoms. The number of nitrogens with zero attached hydrogens (tertiary/aromatic N) is 1. The first-order chi connectivity index (χ1) is 7.13. The summed E-state index contributed by atoms with van der Waals surface area (Å²) in [6.07, 6.45) is 1.96. The maximum absolute atomic E-state index is 5.74. The number of fused-ring (bicyclic) bond motifs is 1. The molecule has 0 aliphatic heterocycles. The van der Waals surface area contributed by atoms with Gasteiger partial charge in [-0.05, 0) is 47.3 Å². The van der Waals surface area contributed by atoms with E-state index in [2.05, 4.69) is 47.8 Å². The summed E-state index contributed by atoms with van der Waals surface area (Å²) in [6.45, 7) is 6.26. The van der Waals surface area contributed by atoms with Crippen LogP contribution in [0, 0.1) is 13.8 Å². The van der Waals surface area contributed by atoms with Crippen LogP contribution in [0.1, 0.15) is 30.4 Å². The van der Waals surface area contributed by atoms with Crippen molar-refractivity contribution in [2.24, 2.45) is 0 Å². The zero-order valence-corrected chi connectivity index (χ0v) is 10.8. The van der Waals surface area contributed by atoms with Crippen LogP contribution in [-0.4, -0.2) is 4.98 Å². The predicted molar refractivity (Wildman–Crippen MR) is 65.2 cm³/mol. The number of oxazole rings is 1. The summed E-state index contributed by atoms with van der Waals surface area (Å²) in [5.41, 5.74) is 4.24. The summed E-state index contributed by atoms with van der Waals surface area (Å²) in [7, 11) is 0. The summed E-state index contributed by atoms with van der Waals surface area (Å²) in [4.78, 5) is 4.51. The number of hydrogen-bond acceptors (Lipinski definition) is 2. The van der Waals surface area contributed by atoms with E-state index in [0.29, 0.717) is 0 Å². The van der Waals surface area contributed by atoms with Crippen molar-refractivity contribution in [3.05, 3.63) is 27.6 Å². The number of aromatic nitrogens is 1. The molecule has 1 aromatic carbocycles. The Bertz CT molecular complexity index is 502.